The maximum absolute atomic E-state index is 13.3. The molecule has 2 fully saturated rings. The number of aliphatic imine (C=N–C) groups is 1. The fourth-order valence-electron chi connectivity index (χ4n) is 5.01. The average molecular weight is 731 g/mol. The van der Waals surface area contributed by atoms with Crippen molar-refractivity contribution in [1.29, 1.82) is 5.26 Å². The molecular formula is C48H79FN4. The average Bonchev–Trinajstić information content (AvgIpc) is 3.91. The predicted molar refractivity (Wildman–Crippen MR) is 236 cm³/mol. The van der Waals surface area contributed by atoms with Crippen molar-refractivity contribution < 1.29 is 4.39 Å². The Balaban J connectivity index is 0. The van der Waals surface area contributed by atoms with Crippen LogP contribution in [0.3, 0.4) is 0 Å². The van der Waals surface area contributed by atoms with Gasteiger partial charge in [-0.2, -0.15) is 5.26 Å². The third-order valence-electron chi connectivity index (χ3n) is 8.65. The quantitative estimate of drug-likeness (QED) is 0.150. The maximum Gasteiger partial charge on any atom is 0.163 e. The molecule has 2 aromatic carbocycles. The van der Waals surface area contributed by atoms with Gasteiger partial charge in [0.1, 0.15) is 11.9 Å². The summed E-state index contributed by atoms with van der Waals surface area (Å²) in [6, 6.07) is 15.5. The number of unbranched alkanes of at least 4 members (excludes halogenated alkanes) is 6. The second kappa shape index (κ2) is 34.1. The Morgan fingerprint density at radius 1 is 0.849 bits per heavy atom. The van der Waals surface area contributed by atoms with Crippen LogP contribution in [0.2, 0.25) is 0 Å². The Morgan fingerprint density at radius 2 is 1.40 bits per heavy atom. The molecule has 5 heteroatoms. The van der Waals surface area contributed by atoms with Crippen LogP contribution < -0.4 is 11.1 Å². The van der Waals surface area contributed by atoms with Gasteiger partial charge in [-0.1, -0.05) is 169 Å². The molecule has 0 atom stereocenters. The van der Waals surface area contributed by atoms with Gasteiger partial charge in [0, 0.05) is 23.1 Å². The van der Waals surface area contributed by atoms with Gasteiger partial charge in [-0.05, 0) is 86.8 Å². The first kappa shape index (κ1) is 51.5. The first-order valence-electron chi connectivity index (χ1n) is 20.9. The number of nitrogens with two attached hydrogens (primary N) is 1. The smallest absolute Gasteiger partial charge is 0.163 e. The van der Waals surface area contributed by atoms with Gasteiger partial charge in [0.25, 0.3) is 0 Å². The van der Waals surface area contributed by atoms with E-state index in [4.69, 9.17) is 11.0 Å². The molecule has 0 bridgehead atoms. The number of nitrogens with one attached hydrogen (secondary N) is 1. The number of hydrogen-bond donors (Lipinski definition) is 2. The Labute approximate surface area is 327 Å². The molecule has 0 amide bonds. The molecule has 4 rings (SSSR count). The van der Waals surface area contributed by atoms with Crippen molar-refractivity contribution in [2.45, 2.75) is 178 Å². The molecule has 0 unspecified atom stereocenters. The van der Waals surface area contributed by atoms with E-state index in [2.05, 4.69) is 83.2 Å². The molecule has 0 heterocycles. The molecule has 2 saturated carbocycles. The number of anilines is 1. The van der Waals surface area contributed by atoms with E-state index < -0.39 is 0 Å². The maximum atomic E-state index is 13.3. The second-order valence-electron chi connectivity index (χ2n) is 14.2. The van der Waals surface area contributed by atoms with Crippen molar-refractivity contribution in [2.75, 3.05) is 5.32 Å². The van der Waals surface area contributed by atoms with Crippen molar-refractivity contribution in [1.82, 2.24) is 0 Å². The van der Waals surface area contributed by atoms with Crippen molar-refractivity contribution in [2.24, 2.45) is 16.6 Å². The fraction of sp³-hybridized carbons (Fsp3) is 0.583. The molecular weight excluding hydrogens is 652 g/mol. The first-order chi connectivity index (χ1) is 25.5. The topological polar surface area (TPSA) is 74.2 Å². The minimum absolute atomic E-state index is 0.253. The zero-order valence-corrected chi connectivity index (χ0v) is 35.9. The van der Waals surface area contributed by atoms with E-state index in [-0.39, 0.29) is 5.82 Å². The molecule has 0 radical (unpaired) electrons. The van der Waals surface area contributed by atoms with Crippen molar-refractivity contribution in [3.63, 3.8) is 0 Å². The number of halogens is 1. The van der Waals surface area contributed by atoms with E-state index in [1.165, 1.54) is 102 Å². The molecule has 298 valence electrons. The predicted octanol–water partition coefficient (Wildman–Crippen LogP) is 15.5. The summed E-state index contributed by atoms with van der Waals surface area (Å²) < 4.78 is 13.3. The molecule has 2 aliphatic rings. The molecule has 53 heavy (non-hydrogen) atoms. The van der Waals surface area contributed by atoms with Gasteiger partial charge in [0.2, 0.25) is 0 Å². The van der Waals surface area contributed by atoms with Crippen LogP contribution in [0, 0.1) is 23.1 Å². The van der Waals surface area contributed by atoms with Crippen LogP contribution in [-0.2, 0) is 6.42 Å². The lowest BCUT2D eigenvalue weighted by Crippen LogP contribution is -2.08. The number of hydrogen-bond acceptors (Lipinski definition) is 4. The van der Waals surface area contributed by atoms with E-state index >= 15 is 0 Å². The summed E-state index contributed by atoms with van der Waals surface area (Å²) >= 11 is 0. The number of nitrogens with zero attached hydrogens (tertiary/aromatic N) is 2. The van der Waals surface area contributed by atoms with Crippen LogP contribution in [0.5, 0.6) is 0 Å². The lowest BCUT2D eigenvalue weighted by atomic mass is 10.1. The van der Waals surface area contributed by atoms with Gasteiger partial charge < -0.3 is 11.1 Å². The summed E-state index contributed by atoms with van der Waals surface area (Å²) in [5.74, 6) is 1.37. The van der Waals surface area contributed by atoms with Gasteiger partial charge >= 0.3 is 0 Å². The highest BCUT2D eigenvalue weighted by molar-refractivity contribution is 6.12. The van der Waals surface area contributed by atoms with Gasteiger partial charge in [-0.15, -0.1) is 0 Å². The van der Waals surface area contributed by atoms with Gasteiger partial charge in [0.15, 0.2) is 5.71 Å². The number of rotatable bonds is 14. The lowest BCUT2D eigenvalue weighted by Gasteiger charge is -2.08. The molecule has 4 nitrogen and oxygen atoms in total. The molecule has 0 saturated heterocycles. The Hall–Kier alpha value is -3.65. The van der Waals surface area contributed by atoms with E-state index in [0.29, 0.717) is 28.6 Å². The van der Waals surface area contributed by atoms with Gasteiger partial charge in [-0.3, -0.25) is 0 Å². The SMILES string of the molecule is C=C(N)c1ccc(C2CC2)cc1F.C=C(Nc1ccc(CCCC)cc1)C(C#N)=NC=C(C)C.CC.CC1CCCC1.CCCC.CCCCCCC. The number of allylic oxidation sites excluding steroid dienone is 2. The first-order valence-corrected chi connectivity index (χ1v) is 20.9. The summed E-state index contributed by atoms with van der Waals surface area (Å²) in [4.78, 5) is 4.13. The third-order valence-corrected chi connectivity index (χ3v) is 8.65. The normalized spacial score (nSPS) is 12.9. The van der Waals surface area contributed by atoms with Crippen LogP contribution in [0.1, 0.15) is 188 Å². The molecule has 2 aliphatic carbocycles. The molecule has 0 aromatic heterocycles. The van der Waals surface area contributed by atoms with E-state index in [9.17, 15) is 4.39 Å². The summed E-state index contributed by atoms with van der Waals surface area (Å²) in [5, 5.41) is 12.2. The zero-order valence-electron chi connectivity index (χ0n) is 35.9. The minimum atomic E-state index is -0.253. The monoisotopic (exact) mass is 731 g/mol. The van der Waals surface area contributed by atoms with Crippen molar-refractivity contribution >= 4 is 17.1 Å². The summed E-state index contributed by atoms with van der Waals surface area (Å²) in [7, 11) is 0. The summed E-state index contributed by atoms with van der Waals surface area (Å²) in [5.41, 5.74) is 11.3. The van der Waals surface area contributed by atoms with Crippen molar-refractivity contribution in [3.8, 4) is 6.07 Å². The Bertz CT molecular complexity index is 1310. The third kappa shape index (κ3) is 27.6. The standard InChI is InChI=1S/C18H23N3.C11H12FN.C7H16.C6H12.C4H10.C2H6/c1-5-6-7-16-8-10-17(11-9-16)21-15(4)18(12-19)20-13-14(2)3;1-7(13)10-5-4-9(6-11(10)12)8-2-3-8;1-3-5-7-6-4-2;1-6-4-2-3-5-6;1-3-4-2;1-2/h8-11,13,21H,4-7H2,1-3H3;4-6,8H,1-3,13H2;3-7H2,1-2H3;6H,2-5H2,1H3;3-4H2,1-2H3;1-2H3. The van der Waals surface area contributed by atoms with Gasteiger partial charge in [-0.25, -0.2) is 9.38 Å². The fourth-order valence-corrected chi connectivity index (χ4v) is 5.01. The zero-order chi connectivity index (χ0) is 40.4. The highest BCUT2D eigenvalue weighted by Crippen LogP contribution is 2.40. The number of benzene rings is 2. The van der Waals surface area contributed by atoms with Crippen LogP contribution in [0.15, 0.2) is 78.1 Å². The lowest BCUT2D eigenvalue weighted by molar-refractivity contribution is 0.612. The Morgan fingerprint density at radius 3 is 1.77 bits per heavy atom. The van der Waals surface area contributed by atoms with Gasteiger partial charge in [0.05, 0.1) is 5.70 Å². The highest BCUT2D eigenvalue weighted by atomic mass is 19.1. The van der Waals surface area contributed by atoms with Crippen LogP contribution in [-0.4, -0.2) is 5.71 Å². The molecule has 0 aliphatic heterocycles. The van der Waals surface area contributed by atoms with E-state index in [1.54, 1.807) is 18.3 Å². The Kier molecular flexibility index (Phi) is 33.1. The van der Waals surface area contributed by atoms with Crippen LogP contribution in [0.25, 0.3) is 5.70 Å². The summed E-state index contributed by atoms with van der Waals surface area (Å²) in [6.07, 6.45) is 23.1. The minimum Gasteiger partial charge on any atom is -0.399 e. The van der Waals surface area contributed by atoms with Crippen LogP contribution in [0.4, 0.5) is 10.1 Å². The highest BCUT2D eigenvalue weighted by Gasteiger charge is 2.24. The van der Waals surface area contributed by atoms with E-state index in [0.717, 1.165) is 29.2 Å². The summed E-state index contributed by atoms with van der Waals surface area (Å²) in [6.45, 7) is 28.6. The molecule has 2 aromatic rings. The largest absolute Gasteiger partial charge is 0.399 e. The number of nitriles is 1. The number of aryl methyl sites for hydroxylation is 1. The second-order valence-corrected chi connectivity index (χ2v) is 14.2. The molecule has 3 N–H and O–H groups in total. The van der Waals surface area contributed by atoms with Crippen molar-refractivity contribution in [3.05, 3.63) is 95.6 Å². The van der Waals surface area contributed by atoms with E-state index in [1.807, 2.05) is 45.9 Å². The van der Waals surface area contributed by atoms with Crippen LogP contribution >= 0.6 is 0 Å². The molecule has 0 spiro atoms.